The second-order valence-electron chi connectivity index (χ2n) is 34.6. The molecule has 96 heavy (non-hydrogen) atoms. The molecule has 448 valence electrons. The van der Waals surface area contributed by atoms with Crippen molar-refractivity contribution in [3.8, 4) is 11.5 Å². The van der Waals surface area contributed by atoms with Crippen LogP contribution in [0.1, 0.15) is 176 Å². The number of unbranched alkanes of at least 4 members (excludes halogenated alkanes) is 18. The SMILES string of the molecule is CCCCCCCCCCCCOc1cc(OCCCCCCCCCCCC)cc(C2N(C)CC34c5c6c7c8c9c%10c(c%11c%12c3c3c5c5c%13c6c6c7c7c9c9c%14c%10c%10c%11c%11c%12c%12c3c3c5c5c%13c%13c6c6c7c9c7c9c%14c%10c%10c%11c%11c%12c3c3c5c5c%13c6c7c6c9c%10c%11c3c56)C824)c1. The lowest BCUT2D eigenvalue weighted by Crippen LogP contribution is -2.51. The zero-order valence-electron chi connectivity index (χ0n) is 54.3. The number of nitrogens with zero attached hydrogens (tertiary/aromatic N) is 1. The van der Waals surface area contributed by atoms with Crippen molar-refractivity contribution in [2.45, 2.75) is 159 Å². The van der Waals surface area contributed by atoms with E-state index < -0.39 is 5.41 Å². The standard InChI is InChI=1S/C93H59NO2/c1-4-6-8-10-12-14-16-18-20-22-24-95-31-26-30(27-32(28-31)96-25-23-21-19-17-15-13-11-9-7-5-2)91-93-89-83-77-67-55-47-39-35-33-34-37-41(39)49(55)59-53-45(37)46-38(34)42-40-36(33)44-43(35)51-57(47)65-71-61(51)62-52(44)58-48(40)56-50(42)60-54(46)64-63(53)75(69(59)77)85(89)86-76(64)70(60)78-68(56)74-66(58)72(62)80-79(71)87(81(83)73(65)67)92(93,29-94(91)3)88(80)82(74)84(78)90(86)93/h26-28,91H,4-25,29H2,1-3H3. The fourth-order valence-corrected chi connectivity index (χ4v) is 30.0. The summed E-state index contributed by atoms with van der Waals surface area (Å²) in [5.74, 6) is 2.03. The first-order valence-electron chi connectivity index (χ1n) is 38.6. The highest BCUT2D eigenvalue weighted by molar-refractivity contribution is 6.82. The third-order valence-electron chi connectivity index (χ3n) is 31.7. The molecule has 1 heterocycles. The molecule has 1 unspecified atom stereocenters. The Morgan fingerprint density at radius 3 is 0.688 bits per heavy atom. The molecule has 0 aromatic heterocycles. The number of likely N-dealkylation sites (N-methyl/N-ethyl adjacent to an activating group) is 1. The monoisotopic (exact) mass is 1220 g/mol. The van der Waals surface area contributed by atoms with Gasteiger partial charge in [0.1, 0.15) is 11.5 Å². The first-order chi connectivity index (χ1) is 47.7. The molecule has 1 atom stereocenters. The van der Waals surface area contributed by atoms with Crippen LogP contribution in [0.2, 0.25) is 0 Å². The fraction of sp³-hybridized carbons (Fsp3) is 0.312. The summed E-state index contributed by atoms with van der Waals surface area (Å²) in [7, 11) is 2.61. The third kappa shape index (κ3) is 3.41. The van der Waals surface area contributed by atoms with Crippen LogP contribution in [0.25, 0.3) is 291 Å². The quantitative estimate of drug-likeness (QED) is 0.0420. The minimum absolute atomic E-state index is 0.0220. The Hall–Kier alpha value is -8.76. The van der Waals surface area contributed by atoms with Crippen molar-refractivity contribution in [2.75, 3.05) is 26.8 Å². The molecule has 1 aliphatic heterocycles. The van der Waals surface area contributed by atoms with Crippen molar-refractivity contribution in [3.05, 3.63) is 46.0 Å². The molecule has 0 bridgehead atoms. The summed E-state index contributed by atoms with van der Waals surface area (Å²) < 4.78 is 14.6. The topological polar surface area (TPSA) is 21.7 Å². The lowest BCUT2D eigenvalue weighted by molar-refractivity contribution is 0.263. The number of ether oxygens (including phenoxy) is 2. The van der Waals surface area contributed by atoms with Gasteiger partial charge >= 0.3 is 0 Å². The maximum Gasteiger partial charge on any atom is 0.123 e. The summed E-state index contributed by atoms with van der Waals surface area (Å²) in [6.45, 7) is 7.15. The van der Waals surface area contributed by atoms with Crippen LogP contribution in [-0.2, 0) is 10.8 Å². The molecule has 29 aromatic rings. The summed E-state index contributed by atoms with van der Waals surface area (Å²) in [5.41, 5.74) is 7.64. The second-order valence-corrected chi connectivity index (χ2v) is 34.6. The Balaban J connectivity index is 0.731. The third-order valence-corrected chi connectivity index (χ3v) is 31.7. The van der Waals surface area contributed by atoms with Crippen molar-refractivity contribution in [2.24, 2.45) is 0 Å². The zero-order valence-corrected chi connectivity index (χ0v) is 54.3. The van der Waals surface area contributed by atoms with Crippen LogP contribution in [0.15, 0.2) is 18.2 Å². The molecular formula is C93H59NO2. The van der Waals surface area contributed by atoms with E-state index in [0.717, 1.165) is 44.1 Å². The van der Waals surface area contributed by atoms with Crippen molar-refractivity contribution >= 4 is 291 Å². The molecule has 0 amide bonds. The molecule has 4 aliphatic carbocycles. The molecule has 0 saturated carbocycles. The minimum atomic E-state index is -0.434. The van der Waals surface area contributed by atoms with E-state index in [2.05, 4.69) is 44.0 Å². The van der Waals surface area contributed by atoms with Crippen molar-refractivity contribution < 1.29 is 9.47 Å². The number of hydrogen-bond acceptors (Lipinski definition) is 3. The van der Waals surface area contributed by atoms with Gasteiger partial charge in [0, 0.05) is 18.7 Å². The van der Waals surface area contributed by atoms with Gasteiger partial charge in [-0.2, -0.15) is 0 Å². The predicted molar refractivity (Wildman–Crippen MR) is 410 cm³/mol. The Bertz CT molecular complexity index is 7770. The van der Waals surface area contributed by atoms with Crippen molar-refractivity contribution in [3.63, 3.8) is 0 Å². The van der Waals surface area contributed by atoms with Crippen LogP contribution in [0.5, 0.6) is 11.5 Å². The van der Waals surface area contributed by atoms with Gasteiger partial charge in [-0.3, -0.25) is 4.90 Å². The maximum absolute atomic E-state index is 7.29. The van der Waals surface area contributed by atoms with E-state index in [1.165, 1.54) is 121 Å². The summed E-state index contributed by atoms with van der Waals surface area (Å²) in [5, 5.41) is 90.0. The highest BCUT2D eigenvalue weighted by Crippen LogP contribution is 2.87. The van der Waals surface area contributed by atoms with Gasteiger partial charge in [-0.25, -0.2) is 0 Å². The first-order valence-corrected chi connectivity index (χ1v) is 38.6. The molecule has 29 aromatic carbocycles. The smallest absolute Gasteiger partial charge is 0.123 e. The van der Waals surface area contributed by atoms with Gasteiger partial charge in [0.2, 0.25) is 0 Å². The maximum atomic E-state index is 7.29. The molecule has 3 nitrogen and oxygen atoms in total. The molecule has 1 fully saturated rings. The van der Waals surface area contributed by atoms with E-state index in [9.17, 15) is 0 Å². The fourth-order valence-electron chi connectivity index (χ4n) is 30.0. The van der Waals surface area contributed by atoms with Gasteiger partial charge in [0.25, 0.3) is 0 Å². The molecule has 34 rings (SSSR count). The second kappa shape index (κ2) is 12.9. The van der Waals surface area contributed by atoms with Crippen molar-refractivity contribution in [1.82, 2.24) is 4.90 Å². The van der Waals surface area contributed by atoms with Crippen LogP contribution in [-0.4, -0.2) is 31.7 Å². The van der Waals surface area contributed by atoms with Crippen LogP contribution < -0.4 is 9.47 Å². The van der Waals surface area contributed by atoms with Gasteiger partial charge in [0.05, 0.1) is 24.0 Å². The Labute approximate surface area is 545 Å². The summed E-state index contributed by atoms with van der Waals surface area (Å²) in [4.78, 5) is 2.98. The Morgan fingerprint density at radius 1 is 0.260 bits per heavy atom. The number of benzene rings is 19. The van der Waals surface area contributed by atoms with Gasteiger partial charge in [-0.05, 0) is 351 Å². The largest absolute Gasteiger partial charge is 0.493 e. The molecule has 1 saturated heterocycles. The van der Waals surface area contributed by atoms with E-state index in [-0.39, 0.29) is 11.5 Å². The van der Waals surface area contributed by atoms with E-state index >= 15 is 0 Å². The summed E-state index contributed by atoms with van der Waals surface area (Å²) in [6, 6.07) is 7.54. The summed E-state index contributed by atoms with van der Waals surface area (Å²) in [6.07, 6.45) is 26.5. The zero-order chi connectivity index (χ0) is 60.2. The first kappa shape index (κ1) is 45.6. The lowest BCUT2D eigenvalue weighted by atomic mass is 9.47. The van der Waals surface area contributed by atoms with Crippen LogP contribution >= 0.6 is 0 Å². The summed E-state index contributed by atoms with van der Waals surface area (Å²) >= 11 is 0. The van der Waals surface area contributed by atoms with Gasteiger partial charge < -0.3 is 9.47 Å². The predicted octanol–water partition coefficient (Wildman–Crippen LogP) is 26.6. The molecule has 0 N–H and O–H groups in total. The van der Waals surface area contributed by atoms with Gasteiger partial charge in [-0.1, -0.05) is 129 Å². The molecule has 3 heteroatoms. The van der Waals surface area contributed by atoms with E-state index in [1.54, 1.807) is 313 Å². The van der Waals surface area contributed by atoms with E-state index in [4.69, 9.17) is 9.47 Å². The van der Waals surface area contributed by atoms with Crippen LogP contribution in [0, 0.1) is 0 Å². The molecule has 5 aliphatic rings. The minimum Gasteiger partial charge on any atom is -0.493 e. The average molecular weight is 1220 g/mol. The highest BCUT2D eigenvalue weighted by Gasteiger charge is 2.76. The van der Waals surface area contributed by atoms with Crippen LogP contribution in [0.3, 0.4) is 0 Å². The van der Waals surface area contributed by atoms with Crippen LogP contribution in [0.4, 0.5) is 0 Å². The molecule has 0 radical (unpaired) electrons. The van der Waals surface area contributed by atoms with Gasteiger partial charge in [0.15, 0.2) is 0 Å². The Kier molecular flexibility index (Phi) is 6.14. The normalized spacial score (nSPS) is 20.6. The molecule has 2 spiro atoms. The number of likely N-dealkylation sites (tertiary alicyclic amines) is 1. The number of hydrogen-bond donors (Lipinski definition) is 0. The highest BCUT2D eigenvalue weighted by atomic mass is 16.5. The van der Waals surface area contributed by atoms with E-state index in [0.29, 0.717) is 0 Å². The molecular weight excluding hydrogens is 1160 g/mol. The van der Waals surface area contributed by atoms with Gasteiger partial charge in [-0.15, -0.1) is 0 Å². The van der Waals surface area contributed by atoms with E-state index in [1.807, 2.05) is 0 Å². The lowest BCUT2D eigenvalue weighted by Gasteiger charge is -2.52. The Morgan fingerprint density at radius 2 is 0.458 bits per heavy atom. The average Bonchev–Trinajstić information content (AvgIpc) is 1.38. The number of rotatable bonds is 25. The van der Waals surface area contributed by atoms with Crippen molar-refractivity contribution in [1.29, 1.82) is 0 Å².